The molecule has 0 fully saturated rings. The molecule has 1 heterocycles. The maximum atomic E-state index is 12.7. The molecule has 8 heteroatoms. The van der Waals surface area contributed by atoms with Gasteiger partial charge in [-0.15, -0.1) is 0 Å². The molecule has 0 saturated carbocycles. The van der Waals surface area contributed by atoms with Gasteiger partial charge in [0.15, 0.2) is 0 Å². The van der Waals surface area contributed by atoms with Crippen molar-refractivity contribution in [1.82, 2.24) is 10.6 Å². The second-order valence-corrected chi connectivity index (χ2v) is 9.11. The Morgan fingerprint density at radius 3 is 2.44 bits per heavy atom. The maximum absolute atomic E-state index is 12.7. The van der Waals surface area contributed by atoms with Gasteiger partial charge < -0.3 is 10.6 Å². The molecule has 0 spiro atoms. The number of amides is 1. The molecule has 1 aromatic heterocycles. The van der Waals surface area contributed by atoms with Gasteiger partial charge in [0.05, 0.1) is 12.3 Å². The number of carbonyl (C=O) groups excluding carboxylic acids is 1. The molecule has 1 amide bonds. The molecule has 27 heavy (non-hydrogen) atoms. The SMILES string of the molecule is CCNCCC(C)C(NC(=O)c1ccc(NS(C)(=O)=O)cc1)c1ccsc1. The number of thiophene rings is 1. The average Bonchev–Trinajstić information content (AvgIpc) is 3.13. The van der Waals surface area contributed by atoms with E-state index in [0.717, 1.165) is 31.3 Å². The van der Waals surface area contributed by atoms with Gasteiger partial charge in [0.2, 0.25) is 10.0 Å². The first kappa shape index (κ1) is 21.4. The van der Waals surface area contributed by atoms with Gasteiger partial charge in [0.1, 0.15) is 0 Å². The molecule has 2 atom stereocenters. The largest absolute Gasteiger partial charge is 0.345 e. The van der Waals surface area contributed by atoms with E-state index >= 15 is 0 Å². The molecule has 0 saturated heterocycles. The second kappa shape index (κ2) is 9.87. The topological polar surface area (TPSA) is 87.3 Å². The van der Waals surface area contributed by atoms with Crippen LogP contribution in [0.5, 0.6) is 0 Å². The molecule has 2 unspecified atom stereocenters. The van der Waals surface area contributed by atoms with Crippen molar-refractivity contribution in [1.29, 1.82) is 0 Å². The lowest BCUT2D eigenvalue weighted by atomic mass is 9.93. The van der Waals surface area contributed by atoms with Crippen LogP contribution >= 0.6 is 11.3 Å². The molecule has 6 nitrogen and oxygen atoms in total. The Kier molecular flexibility index (Phi) is 7.82. The van der Waals surface area contributed by atoms with E-state index in [1.165, 1.54) is 0 Å². The lowest BCUT2D eigenvalue weighted by molar-refractivity contribution is 0.0922. The molecule has 0 aliphatic carbocycles. The van der Waals surface area contributed by atoms with Crippen molar-refractivity contribution in [3.8, 4) is 0 Å². The van der Waals surface area contributed by atoms with Gasteiger partial charge in [0.25, 0.3) is 5.91 Å². The van der Waals surface area contributed by atoms with E-state index in [2.05, 4.69) is 34.6 Å². The number of rotatable bonds is 10. The van der Waals surface area contributed by atoms with E-state index in [9.17, 15) is 13.2 Å². The van der Waals surface area contributed by atoms with E-state index in [0.29, 0.717) is 11.3 Å². The average molecular weight is 410 g/mol. The number of carbonyl (C=O) groups is 1. The van der Waals surface area contributed by atoms with Gasteiger partial charge in [-0.05, 0) is 72.1 Å². The van der Waals surface area contributed by atoms with Crippen molar-refractivity contribution in [3.63, 3.8) is 0 Å². The van der Waals surface area contributed by atoms with Crippen molar-refractivity contribution in [2.75, 3.05) is 24.1 Å². The van der Waals surface area contributed by atoms with Crippen LogP contribution in [0.1, 0.15) is 42.2 Å². The highest BCUT2D eigenvalue weighted by Gasteiger charge is 2.22. The number of hydrogen-bond acceptors (Lipinski definition) is 5. The Bertz CT molecular complexity index is 818. The fraction of sp³-hybridized carbons (Fsp3) is 0.421. The summed E-state index contributed by atoms with van der Waals surface area (Å²) in [5, 5.41) is 10.5. The van der Waals surface area contributed by atoms with Crippen LogP contribution in [0.25, 0.3) is 0 Å². The number of hydrogen-bond donors (Lipinski definition) is 3. The standard InChI is InChI=1S/C19H27N3O3S2/c1-4-20-11-9-14(2)18(16-10-12-26-13-16)21-19(23)15-5-7-17(8-6-15)22-27(3,24)25/h5-8,10,12-14,18,20,22H,4,9,11H2,1-3H3,(H,21,23). The number of sulfonamides is 1. The summed E-state index contributed by atoms with van der Waals surface area (Å²) in [5.41, 5.74) is 2.03. The van der Waals surface area contributed by atoms with Gasteiger partial charge in [-0.2, -0.15) is 11.3 Å². The molecular weight excluding hydrogens is 382 g/mol. The Balaban J connectivity index is 2.08. The predicted molar refractivity (Wildman–Crippen MR) is 112 cm³/mol. The number of anilines is 1. The number of benzene rings is 1. The first-order valence-corrected chi connectivity index (χ1v) is 11.7. The summed E-state index contributed by atoms with van der Waals surface area (Å²) in [5.74, 6) is 0.0983. The fourth-order valence-corrected chi connectivity index (χ4v) is 4.07. The lowest BCUT2D eigenvalue weighted by Gasteiger charge is -2.25. The highest BCUT2D eigenvalue weighted by molar-refractivity contribution is 7.92. The summed E-state index contributed by atoms with van der Waals surface area (Å²) in [6.07, 6.45) is 2.04. The van der Waals surface area contributed by atoms with Crippen LogP contribution < -0.4 is 15.4 Å². The minimum absolute atomic E-state index is 0.0729. The van der Waals surface area contributed by atoms with Crippen molar-refractivity contribution < 1.29 is 13.2 Å². The van der Waals surface area contributed by atoms with Crippen molar-refractivity contribution in [2.45, 2.75) is 26.3 Å². The quantitative estimate of drug-likeness (QED) is 0.526. The molecule has 0 radical (unpaired) electrons. The minimum atomic E-state index is -3.34. The third kappa shape index (κ3) is 6.97. The molecular formula is C19H27N3O3S2. The molecule has 0 aliphatic rings. The van der Waals surface area contributed by atoms with Gasteiger partial charge >= 0.3 is 0 Å². The predicted octanol–water partition coefficient (Wildman–Crippen LogP) is 3.23. The zero-order valence-electron chi connectivity index (χ0n) is 15.9. The smallest absolute Gasteiger partial charge is 0.251 e. The fourth-order valence-electron chi connectivity index (χ4n) is 2.81. The van der Waals surface area contributed by atoms with Crippen LogP contribution in [0.4, 0.5) is 5.69 Å². The van der Waals surface area contributed by atoms with Crippen molar-refractivity contribution >= 4 is 33.0 Å². The van der Waals surface area contributed by atoms with E-state index in [1.54, 1.807) is 35.6 Å². The zero-order chi connectivity index (χ0) is 19.9. The summed E-state index contributed by atoms with van der Waals surface area (Å²) < 4.78 is 25.0. The van der Waals surface area contributed by atoms with E-state index in [-0.39, 0.29) is 17.9 Å². The van der Waals surface area contributed by atoms with Crippen LogP contribution in [0.2, 0.25) is 0 Å². The lowest BCUT2D eigenvalue weighted by Crippen LogP contribution is -2.33. The Hall–Kier alpha value is -1.90. The summed E-state index contributed by atoms with van der Waals surface area (Å²) in [4.78, 5) is 12.7. The van der Waals surface area contributed by atoms with E-state index in [4.69, 9.17) is 0 Å². The first-order chi connectivity index (χ1) is 12.8. The molecule has 0 bridgehead atoms. The van der Waals surface area contributed by atoms with Gasteiger partial charge in [0, 0.05) is 11.3 Å². The summed E-state index contributed by atoms with van der Waals surface area (Å²) >= 11 is 1.61. The van der Waals surface area contributed by atoms with E-state index in [1.807, 2.05) is 11.4 Å². The van der Waals surface area contributed by atoms with Crippen LogP contribution in [0.15, 0.2) is 41.1 Å². The summed E-state index contributed by atoms with van der Waals surface area (Å²) in [6, 6.07) is 8.39. The normalized spacial score (nSPS) is 13.7. The molecule has 148 valence electrons. The highest BCUT2D eigenvalue weighted by Crippen LogP contribution is 2.26. The first-order valence-electron chi connectivity index (χ1n) is 8.91. The van der Waals surface area contributed by atoms with Crippen LogP contribution in [-0.4, -0.2) is 33.7 Å². The second-order valence-electron chi connectivity index (χ2n) is 6.58. The molecule has 2 aromatic rings. The molecule has 3 N–H and O–H groups in total. The molecule has 1 aromatic carbocycles. The third-order valence-electron chi connectivity index (χ3n) is 4.23. The Labute approximate surface area is 165 Å². The monoisotopic (exact) mass is 409 g/mol. The van der Waals surface area contributed by atoms with Crippen LogP contribution in [-0.2, 0) is 10.0 Å². The summed E-state index contributed by atoms with van der Waals surface area (Å²) in [7, 11) is -3.34. The van der Waals surface area contributed by atoms with Gasteiger partial charge in [-0.1, -0.05) is 13.8 Å². The molecule has 2 rings (SSSR count). The van der Waals surface area contributed by atoms with E-state index < -0.39 is 10.0 Å². The summed E-state index contributed by atoms with van der Waals surface area (Å²) in [6.45, 7) is 6.04. The maximum Gasteiger partial charge on any atom is 0.251 e. The van der Waals surface area contributed by atoms with Gasteiger partial charge in [-0.3, -0.25) is 9.52 Å². The Morgan fingerprint density at radius 1 is 1.19 bits per heavy atom. The Morgan fingerprint density at radius 2 is 1.89 bits per heavy atom. The van der Waals surface area contributed by atoms with Crippen LogP contribution in [0.3, 0.4) is 0 Å². The van der Waals surface area contributed by atoms with Crippen molar-refractivity contribution in [3.05, 3.63) is 52.2 Å². The number of nitrogens with one attached hydrogen (secondary N) is 3. The van der Waals surface area contributed by atoms with Gasteiger partial charge in [-0.25, -0.2) is 8.42 Å². The third-order valence-corrected chi connectivity index (χ3v) is 5.54. The van der Waals surface area contributed by atoms with Crippen molar-refractivity contribution in [2.24, 2.45) is 5.92 Å². The zero-order valence-corrected chi connectivity index (χ0v) is 17.5. The highest BCUT2D eigenvalue weighted by atomic mass is 32.2. The minimum Gasteiger partial charge on any atom is -0.345 e. The molecule has 0 aliphatic heterocycles. The van der Waals surface area contributed by atoms with Crippen LogP contribution in [0, 0.1) is 5.92 Å².